The van der Waals surface area contributed by atoms with Crippen LogP contribution in [0.15, 0.2) is 78.9 Å². The monoisotopic (exact) mass is 738 g/mol. The molecule has 2 aliphatic rings. The van der Waals surface area contributed by atoms with Crippen molar-refractivity contribution in [3.63, 3.8) is 0 Å². The van der Waals surface area contributed by atoms with Crippen molar-refractivity contribution in [1.82, 2.24) is 15.2 Å². The van der Waals surface area contributed by atoms with E-state index in [-0.39, 0.29) is 11.9 Å². The van der Waals surface area contributed by atoms with Gasteiger partial charge in [-0.2, -0.15) is 0 Å². The lowest BCUT2D eigenvalue weighted by Gasteiger charge is -2.36. The number of methoxy groups -OCH3 is 2. The van der Waals surface area contributed by atoms with E-state index in [0.717, 1.165) is 55.4 Å². The molecule has 2 aliphatic heterocycles. The highest BCUT2D eigenvalue weighted by atomic mass is 19.1. The number of piperazine rings is 1. The van der Waals surface area contributed by atoms with Crippen molar-refractivity contribution < 1.29 is 22.6 Å². The fourth-order valence-electron chi connectivity index (χ4n) is 7.31. The lowest BCUT2D eigenvalue weighted by Crippen LogP contribution is -2.46. The first-order valence-electron chi connectivity index (χ1n) is 18.8. The van der Waals surface area contributed by atoms with Gasteiger partial charge >= 0.3 is 0 Å². The number of aromatic nitrogens is 1. The third kappa shape index (κ3) is 9.56. The molecule has 1 saturated heterocycles. The summed E-state index contributed by atoms with van der Waals surface area (Å²) in [5, 5.41) is 6.24. The summed E-state index contributed by atoms with van der Waals surface area (Å²) in [5.41, 5.74) is 8.74. The van der Waals surface area contributed by atoms with Crippen molar-refractivity contribution >= 4 is 17.8 Å². The van der Waals surface area contributed by atoms with Crippen molar-refractivity contribution in [1.29, 1.82) is 0 Å². The molecule has 5 aromatic rings. The minimum atomic E-state index is -0.545. The maximum atomic E-state index is 13.9. The number of hydrogen-bond donors (Lipinski definition) is 2. The number of fused-ring (bicyclic) bond motifs is 1. The van der Waals surface area contributed by atoms with Gasteiger partial charge in [0.15, 0.2) is 11.5 Å². The van der Waals surface area contributed by atoms with Gasteiger partial charge in [-0.15, -0.1) is 0 Å². The van der Waals surface area contributed by atoms with Crippen LogP contribution in [0.1, 0.15) is 61.7 Å². The highest BCUT2D eigenvalue weighted by Gasteiger charge is 2.26. The van der Waals surface area contributed by atoms with Gasteiger partial charge in [-0.1, -0.05) is 50.3 Å². The predicted molar refractivity (Wildman–Crippen MR) is 215 cm³/mol. The summed E-state index contributed by atoms with van der Waals surface area (Å²) in [4.78, 5) is 8.18. The van der Waals surface area contributed by atoms with Gasteiger partial charge in [0.1, 0.15) is 17.5 Å². The number of rotatable bonds is 7. The van der Waals surface area contributed by atoms with Crippen molar-refractivity contribution in [2.45, 2.75) is 53.6 Å². The summed E-state index contributed by atoms with van der Waals surface area (Å²) in [6, 6.07) is 23.2. The predicted octanol–water partition coefficient (Wildman–Crippen LogP) is 8.30. The van der Waals surface area contributed by atoms with Crippen LogP contribution in [0.25, 0.3) is 23.3 Å². The van der Waals surface area contributed by atoms with Crippen LogP contribution in [0.5, 0.6) is 11.5 Å². The normalized spacial score (nSPS) is 16.2. The number of ether oxygens (including phenoxy) is 2. The van der Waals surface area contributed by atoms with Crippen LogP contribution in [-0.4, -0.2) is 56.8 Å². The second kappa shape index (κ2) is 18.9. The van der Waals surface area contributed by atoms with Crippen LogP contribution in [0.2, 0.25) is 0 Å². The fourth-order valence-corrected chi connectivity index (χ4v) is 7.31. The molecular weight excluding hydrogens is 686 g/mol. The first-order chi connectivity index (χ1) is 26.2. The van der Waals surface area contributed by atoms with Crippen LogP contribution >= 0.6 is 0 Å². The third-order valence-electron chi connectivity index (χ3n) is 9.84. The van der Waals surface area contributed by atoms with Crippen LogP contribution in [-0.2, 0) is 13.0 Å². The van der Waals surface area contributed by atoms with Crippen LogP contribution in [0.3, 0.4) is 0 Å². The number of nitrogens with zero attached hydrogens (tertiary/aromatic N) is 2. The zero-order chi connectivity index (χ0) is 38.8. The molecule has 286 valence electrons. The molecule has 4 aromatic carbocycles. The number of anilines is 1. The molecule has 2 N–H and O–H groups in total. The zero-order valence-corrected chi connectivity index (χ0v) is 32.5. The molecule has 9 heteroatoms. The summed E-state index contributed by atoms with van der Waals surface area (Å²) in [5.74, 6) is 0.133. The molecule has 0 spiro atoms. The Hall–Kier alpha value is -4.99. The van der Waals surface area contributed by atoms with Gasteiger partial charge in [-0.3, -0.25) is 4.90 Å². The van der Waals surface area contributed by atoms with Crippen molar-refractivity contribution in [2.75, 3.05) is 51.8 Å². The number of aryl methyl sites for hydroxylation is 1. The first-order valence-corrected chi connectivity index (χ1v) is 18.8. The summed E-state index contributed by atoms with van der Waals surface area (Å²) in [7, 11) is 3.30. The van der Waals surface area contributed by atoms with E-state index in [4.69, 9.17) is 9.47 Å². The van der Waals surface area contributed by atoms with Crippen LogP contribution < -0.4 is 30.3 Å². The van der Waals surface area contributed by atoms with Crippen LogP contribution in [0, 0.1) is 24.4 Å². The summed E-state index contributed by atoms with van der Waals surface area (Å²) < 4.78 is 51.0. The van der Waals surface area contributed by atoms with E-state index in [9.17, 15) is 13.2 Å². The van der Waals surface area contributed by atoms with Gasteiger partial charge in [0.05, 0.1) is 20.3 Å². The molecule has 54 heavy (non-hydrogen) atoms. The molecule has 1 aromatic heterocycles. The second-order valence-corrected chi connectivity index (χ2v) is 13.3. The van der Waals surface area contributed by atoms with Crippen molar-refractivity contribution in [3.05, 3.63) is 135 Å². The third-order valence-corrected chi connectivity index (χ3v) is 9.84. The van der Waals surface area contributed by atoms with Gasteiger partial charge < -0.3 is 24.7 Å². The smallest absolute Gasteiger partial charge is 0.161 e. The SMILES string of the molecule is C/C=c1/c2c([nH]/c1=C/C)C(c1cc(CN3CCN(c4cc(F)cc(F)c4)CC3)cc(-c3ccc(OC)c(OC)c3)c1)NCC2.CC.Cc1cccc(F)c1. The average molecular weight is 739 g/mol. The molecular formula is C45H53F3N4O2. The van der Waals surface area contributed by atoms with Crippen LogP contribution in [0.4, 0.5) is 18.9 Å². The summed E-state index contributed by atoms with van der Waals surface area (Å²) >= 11 is 0. The molecule has 0 bridgehead atoms. The number of halogens is 3. The number of hydrogen-bond acceptors (Lipinski definition) is 5. The van der Waals surface area contributed by atoms with E-state index in [1.807, 2.05) is 39.0 Å². The van der Waals surface area contributed by atoms with E-state index >= 15 is 0 Å². The Labute approximate surface area is 317 Å². The molecule has 3 heterocycles. The Kier molecular flexibility index (Phi) is 14.0. The lowest BCUT2D eigenvalue weighted by atomic mass is 9.91. The highest BCUT2D eigenvalue weighted by Crippen LogP contribution is 2.35. The van der Waals surface area contributed by atoms with Crippen molar-refractivity contribution in [2.24, 2.45) is 0 Å². The minimum absolute atomic E-state index is 0.0321. The van der Waals surface area contributed by atoms with Gasteiger partial charge in [0.2, 0.25) is 0 Å². The topological polar surface area (TPSA) is 52.8 Å². The molecule has 0 radical (unpaired) electrons. The highest BCUT2D eigenvalue weighted by molar-refractivity contribution is 5.69. The first kappa shape index (κ1) is 40.2. The molecule has 0 aliphatic carbocycles. The van der Waals surface area contributed by atoms with Gasteiger partial charge in [0.25, 0.3) is 0 Å². The number of H-pyrrole nitrogens is 1. The Morgan fingerprint density at radius 1 is 0.759 bits per heavy atom. The van der Waals surface area contributed by atoms with E-state index < -0.39 is 11.6 Å². The molecule has 1 fully saturated rings. The molecule has 1 atom stereocenters. The summed E-state index contributed by atoms with van der Waals surface area (Å²) in [6.07, 6.45) is 5.34. The Morgan fingerprint density at radius 3 is 2.09 bits per heavy atom. The Bertz CT molecular complexity index is 2100. The molecule has 1 unspecified atom stereocenters. The van der Waals surface area contributed by atoms with E-state index in [2.05, 4.69) is 70.4 Å². The molecule has 6 nitrogen and oxygen atoms in total. The molecule has 0 amide bonds. The number of nitrogens with one attached hydrogen (secondary N) is 2. The van der Waals surface area contributed by atoms with Gasteiger partial charge in [0, 0.05) is 62.1 Å². The van der Waals surface area contributed by atoms with Gasteiger partial charge in [-0.25, -0.2) is 13.2 Å². The maximum absolute atomic E-state index is 13.9. The lowest BCUT2D eigenvalue weighted by molar-refractivity contribution is 0.249. The zero-order valence-electron chi connectivity index (χ0n) is 32.5. The quantitative estimate of drug-likeness (QED) is 0.176. The Balaban J connectivity index is 0.000000492. The second-order valence-electron chi connectivity index (χ2n) is 13.3. The number of benzene rings is 4. The molecule has 0 saturated carbocycles. The maximum Gasteiger partial charge on any atom is 0.161 e. The van der Waals surface area contributed by atoms with E-state index in [1.165, 1.54) is 57.2 Å². The van der Waals surface area contributed by atoms with Crippen molar-refractivity contribution in [3.8, 4) is 22.6 Å². The van der Waals surface area contributed by atoms with E-state index in [1.54, 1.807) is 20.3 Å². The van der Waals surface area contributed by atoms with Gasteiger partial charge in [-0.05, 0) is 114 Å². The largest absolute Gasteiger partial charge is 0.493 e. The summed E-state index contributed by atoms with van der Waals surface area (Å²) in [6.45, 7) is 14.7. The minimum Gasteiger partial charge on any atom is -0.493 e. The fraction of sp³-hybridized carbons (Fsp3) is 0.333. The standard InChI is InChI=1S/C36H40F2N4O2.C7H7F.C2H6/c1-5-30-31-9-10-39-35(36(31)40-32(30)6-2)26-16-23(15-25(17-26)24-7-8-33(43-3)34(18-24)44-4)22-41-11-13-42(14-12-41)29-20-27(37)19-28(38)21-29;1-6-3-2-4-7(8)5-6;1-2/h5-8,15-21,35,39-40H,9-14,22H2,1-4H3;2-5H,1H3;1-2H3/b30-5-,32-6+;;. The molecule has 7 rings (SSSR count). The average Bonchev–Trinajstić information content (AvgIpc) is 3.56. The Morgan fingerprint density at radius 2 is 1.48 bits per heavy atom. The van der Waals surface area contributed by atoms with E-state index in [0.29, 0.717) is 30.3 Å². The number of aromatic amines is 1.